The van der Waals surface area contributed by atoms with Gasteiger partial charge < -0.3 is 20.5 Å². The van der Waals surface area contributed by atoms with Crippen molar-refractivity contribution in [3.8, 4) is 5.75 Å². The first kappa shape index (κ1) is 20.7. The number of nitrogens with zero attached hydrogens (tertiary/aromatic N) is 3. The van der Waals surface area contributed by atoms with E-state index in [1.165, 1.54) is 12.3 Å². The Labute approximate surface area is 176 Å². The van der Waals surface area contributed by atoms with Crippen LogP contribution in [0.15, 0.2) is 57.4 Å². The van der Waals surface area contributed by atoms with Crippen LogP contribution in [-0.2, 0) is 0 Å². The summed E-state index contributed by atoms with van der Waals surface area (Å²) < 4.78 is 32.9. The normalized spacial score (nSPS) is 17.6. The van der Waals surface area contributed by atoms with Crippen molar-refractivity contribution in [2.75, 3.05) is 20.1 Å². The van der Waals surface area contributed by atoms with Gasteiger partial charge in [-0.3, -0.25) is 9.79 Å². The number of likely N-dealkylation sites (tertiary alicyclic amines) is 1. The number of nitrogens with one attached hydrogen (secondary N) is 1. The third kappa shape index (κ3) is 4.61. The van der Waals surface area contributed by atoms with Crippen LogP contribution in [0.5, 0.6) is 5.75 Å². The van der Waals surface area contributed by atoms with Crippen molar-refractivity contribution >= 4 is 28.5 Å². The average molecular weight is 425 g/mol. The van der Waals surface area contributed by atoms with E-state index in [0.717, 1.165) is 37.4 Å². The fourth-order valence-corrected chi connectivity index (χ4v) is 3.49. The monoisotopic (exact) mass is 425 g/mol. The highest BCUT2D eigenvalue weighted by molar-refractivity contribution is 6.38. The number of H-pyrrole nitrogens is 1. The van der Waals surface area contributed by atoms with E-state index in [2.05, 4.69) is 27.0 Å². The molecule has 0 radical (unpaired) electrons. The summed E-state index contributed by atoms with van der Waals surface area (Å²) in [7, 11) is 2.06. The topological polar surface area (TPSA) is 96.1 Å². The summed E-state index contributed by atoms with van der Waals surface area (Å²) in [4.78, 5) is 21.4. The van der Waals surface area contributed by atoms with E-state index in [0.29, 0.717) is 11.1 Å². The lowest BCUT2D eigenvalue weighted by Gasteiger charge is -2.13. The molecule has 1 aliphatic rings. The number of hydrogen-bond donors (Lipinski definition) is 2. The molecule has 0 spiro atoms. The van der Waals surface area contributed by atoms with Crippen molar-refractivity contribution in [1.29, 1.82) is 0 Å². The third-order valence-corrected chi connectivity index (χ3v) is 5.12. The SMILES string of the molecule is CN1CC[C@@H](Oc2ccc(N=CC(=NN)c3cc4cc(F)c(F)cc4[nH]c3=O)cc2)C1. The summed E-state index contributed by atoms with van der Waals surface area (Å²) in [5.74, 6) is 4.14. The lowest BCUT2D eigenvalue weighted by atomic mass is 10.1. The summed E-state index contributed by atoms with van der Waals surface area (Å²) in [6.45, 7) is 1.91. The summed E-state index contributed by atoms with van der Waals surface area (Å²) in [6.07, 6.45) is 2.51. The van der Waals surface area contributed by atoms with Crippen LogP contribution in [0.2, 0.25) is 0 Å². The molecule has 2 heterocycles. The van der Waals surface area contributed by atoms with Crippen LogP contribution >= 0.6 is 0 Å². The largest absolute Gasteiger partial charge is 0.489 e. The summed E-state index contributed by atoms with van der Waals surface area (Å²) >= 11 is 0. The first-order valence-electron chi connectivity index (χ1n) is 9.72. The van der Waals surface area contributed by atoms with Gasteiger partial charge in [0.2, 0.25) is 0 Å². The maximum absolute atomic E-state index is 13.6. The molecule has 0 amide bonds. The maximum atomic E-state index is 13.6. The smallest absolute Gasteiger partial charge is 0.258 e. The molecule has 3 N–H and O–H groups in total. The van der Waals surface area contributed by atoms with Gasteiger partial charge >= 0.3 is 0 Å². The lowest BCUT2D eigenvalue weighted by molar-refractivity contribution is 0.208. The van der Waals surface area contributed by atoms with Gasteiger partial charge in [-0.1, -0.05) is 0 Å². The second kappa shape index (κ2) is 8.65. The van der Waals surface area contributed by atoms with E-state index in [9.17, 15) is 13.6 Å². The number of likely N-dealkylation sites (N-methyl/N-ethyl adjacent to an activating group) is 1. The van der Waals surface area contributed by atoms with Gasteiger partial charge in [-0.25, -0.2) is 8.78 Å². The van der Waals surface area contributed by atoms with Crippen LogP contribution in [0, 0.1) is 11.6 Å². The summed E-state index contributed by atoms with van der Waals surface area (Å²) in [6, 6.07) is 10.5. The molecule has 0 bridgehead atoms. The number of pyridine rings is 1. The molecule has 1 aliphatic heterocycles. The lowest BCUT2D eigenvalue weighted by Crippen LogP contribution is -2.21. The minimum Gasteiger partial charge on any atom is -0.489 e. The first-order chi connectivity index (χ1) is 14.9. The predicted molar refractivity (Wildman–Crippen MR) is 116 cm³/mol. The van der Waals surface area contributed by atoms with Gasteiger partial charge in [0.1, 0.15) is 17.6 Å². The molecular weight excluding hydrogens is 404 g/mol. The van der Waals surface area contributed by atoms with Crippen molar-refractivity contribution in [2.24, 2.45) is 15.9 Å². The van der Waals surface area contributed by atoms with Gasteiger partial charge in [-0.05, 0) is 49.9 Å². The highest BCUT2D eigenvalue weighted by atomic mass is 19.2. The van der Waals surface area contributed by atoms with Crippen LogP contribution in [0.4, 0.5) is 14.5 Å². The van der Waals surface area contributed by atoms with Gasteiger partial charge in [-0.2, -0.15) is 5.10 Å². The first-order valence-corrected chi connectivity index (χ1v) is 9.72. The molecule has 31 heavy (non-hydrogen) atoms. The number of nitrogens with two attached hydrogens (primary N) is 1. The van der Waals surface area contributed by atoms with Crippen molar-refractivity contribution in [1.82, 2.24) is 9.88 Å². The van der Waals surface area contributed by atoms with Crippen LogP contribution in [-0.4, -0.2) is 48.1 Å². The number of hydrogen-bond acceptors (Lipinski definition) is 6. The number of benzene rings is 2. The molecular formula is C22H21F2N5O2. The molecule has 0 saturated carbocycles. The molecule has 0 aliphatic carbocycles. The molecule has 4 rings (SSSR count). The number of aromatic nitrogens is 1. The van der Waals surface area contributed by atoms with Crippen LogP contribution < -0.4 is 16.1 Å². The van der Waals surface area contributed by atoms with E-state index in [1.807, 2.05) is 12.1 Å². The molecule has 3 aromatic rings. The Bertz CT molecular complexity index is 1220. The quantitative estimate of drug-likeness (QED) is 0.373. The predicted octanol–water partition coefficient (Wildman–Crippen LogP) is 2.95. The molecule has 2 aromatic carbocycles. The number of halogens is 2. The van der Waals surface area contributed by atoms with Crippen LogP contribution in [0.3, 0.4) is 0 Å². The Hall–Kier alpha value is -3.59. The molecule has 7 nitrogen and oxygen atoms in total. The van der Waals surface area contributed by atoms with E-state index < -0.39 is 17.2 Å². The van der Waals surface area contributed by atoms with Gasteiger partial charge in [0, 0.05) is 24.5 Å². The zero-order valence-corrected chi connectivity index (χ0v) is 16.8. The van der Waals surface area contributed by atoms with Gasteiger partial charge in [0.25, 0.3) is 5.56 Å². The Morgan fingerprint density at radius 2 is 1.97 bits per heavy atom. The standard InChI is InChI=1S/C22H21F2N5O2/c1-29-7-6-16(12-29)31-15-4-2-14(3-5-15)26-11-21(28-25)17-8-13-9-18(23)19(24)10-20(13)27-22(17)30/h2-5,8-11,16H,6-7,12,25H2,1H3,(H,27,30)/t16-/m1/s1. The second-order valence-corrected chi connectivity index (χ2v) is 7.42. The van der Waals surface area contributed by atoms with E-state index in [1.54, 1.807) is 12.1 Å². The number of aliphatic imine (C=N–C) groups is 1. The Morgan fingerprint density at radius 1 is 1.23 bits per heavy atom. The summed E-state index contributed by atoms with van der Waals surface area (Å²) in [5, 5.41) is 3.93. The number of hydrazone groups is 1. The Kier molecular flexibility index (Phi) is 5.77. The number of ether oxygens (including phenoxy) is 1. The van der Waals surface area contributed by atoms with E-state index in [-0.39, 0.29) is 22.9 Å². The van der Waals surface area contributed by atoms with Crippen LogP contribution in [0.25, 0.3) is 10.9 Å². The van der Waals surface area contributed by atoms with Gasteiger partial charge in [-0.15, -0.1) is 0 Å². The fourth-order valence-electron chi connectivity index (χ4n) is 3.49. The second-order valence-electron chi connectivity index (χ2n) is 7.42. The van der Waals surface area contributed by atoms with Crippen molar-refractivity contribution in [2.45, 2.75) is 12.5 Å². The van der Waals surface area contributed by atoms with E-state index in [4.69, 9.17) is 10.6 Å². The minimum absolute atomic E-state index is 0.0927. The molecule has 9 heteroatoms. The van der Waals surface area contributed by atoms with Crippen molar-refractivity contribution < 1.29 is 13.5 Å². The van der Waals surface area contributed by atoms with Crippen LogP contribution in [0.1, 0.15) is 12.0 Å². The Morgan fingerprint density at radius 3 is 2.65 bits per heavy atom. The minimum atomic E-state index is -1.04. The van der Waals surface area contributed by atoms with Crippen molar-refractivity contribution in [3.05, 3.63) is 70.0 Å². The number of rotatable bonds is 5. The van der Waals surface area contributed by atoms with Crippen molar-refractivity contribution in [3.63, 3.8) is 0 Å². The third-order valence-electron chi connectivity index (χ3n) is 5.12. The summed E-state index contributed by atoms with van der Waals surface area (Å²) in [5.41, 5.74) is 0.434. The van der Waals surface area contributed by atoms with E-state index >= 15 is 0 Å². The highest BCUT2D eigenvalue weighted by Gasteiger charge is 2.20. The molecule has 1 fully saturated rings. The van der Waals surface area contributed by atoms with Gasteiger partial charge in [0.05, 0.1) is 23.0 Å². The highest BCUT2D eigenvalue weighted by Crippen LogP contribution is 2.22. The molecule has 0 unspecified atom stereocenters. The average Bonchev–Trinajstić information content (AvgIpc) is 3.16. The molecule has 160 valence electrons. The number of aromatic amines is 1. The molecule has 1 saturated heterocycles. The maximum Gasteiger partial charge on any atom is 0.258 e. The zero-order chi connectivity index (χ0) is 22.0. The molecule has 1 aromatic heterocycles. The fraction of sp³-hybridized carbons (Fsp3) is 0.227. The Balaban J connectivity index is 1.53. The zero-order valence-electron chi connectivity index (χ0n) is 16.8. The molecule has 1 atom stereocenters. The number of fused-ring (bicyclic) bond motifs is 1. The van der Waals surface area contributed by atoms with Gasteiger partial charge in [0.15, 0.2) is 11.6 Å².